The highest BCUT2D eigenvalue weighted by molar-refractivity contribution is 7.97. The van der Waals surface area contributed by atoms with Crippen molar-refractivity contribution in [2.45, 2.75) is 81.2 Å². The van der Waals surface area contributed by atoms with Crippen molar-refractivity contribution in [1.82, 2.24) is 9.97 Å². The molecule has 2 fully saturated rings. The molecule has 0 saturated heterocycles. The van der Waals surface area contributed by atoms with Gasteiger partial charge in [0.25, 0.3) is 0 Å². The Kier molecular flexibility index (Phi) is 6.03. The molecule has 8 heteroatoms. The van der Waals surface area contributed by atoms with Crippen LogP contribution in [0.4, 0.5) is 11.6 Å². The number of carbonyl (C=O) groups is 1. The summed E-state index contributed by atoms with van der Waals surface area (Å²) in [5.74, 6) is 2.15. The number of carbonyl (C=O) groups excluding carboxylic acids is 1. The number of aromatic nitrogens is 2. The van der Waals surface area contributed by atoms with Crippen molar-refractivity contribution >= 4 is 38.3 Å². The summed E-state index contributed by atoms with van der Waals surface area (Å²) in [6.07, 6.45) is 14.6. The van der Waals surface area contributed by atoms with E-state index >= 15 is 0 Å². The SMILES string of the molecule is O=C1/C(=C\C=C2N(C3CCCCC3)c3nc4ccccc4nc3N2C2CCCCC2)S(=O)(=O)c2ccccc21. The largest absolute Gasteiger partial charge is 0.306 e. The minimum Gasteiger partial charge on any atom is -0.306 e. The molecule has 4 aliphatic rings. The zero-order valence-electron chi connectivity index (χ0n) is 21.9. The van der Waals surface area contributed by atoms with E-state index in [-0.39, 0.29) is 27.4 Å². The molecule has 0 atom stereocenters. The Morgan fingerprint density at radius 2 is 1.21 bits per heavy atom. The average molecular weight is 541 g/mol. The molecular weight excluding hydrogens is 508 g/mol. The van der Waals surface area contributed by atoms with Gasteiger partial charge in [0, 0.05) is 17.6 Å². The Labute approximate surface area is 229 Å². The van der Waals surface area contributed by atoms with Gasteiger partial charge in [-0.05, 0) is 62.1 Å². The van der Waals surface area contributed by atoms with Gasteiger partial charge in [-0.2, -0.15) is 0 Å². The summed E-state index contributed by atoms with van der Waals surface area (Å²) in [6.45, 7) is 0. The Balaban J connectivity index is 1.42. The summed E-state index contributed by atoms with van der Waals surface area (Å²) in [6, 6.07) is 14.9. The second kappa shape index (κ2) is 9.59. The summed E-state index contributed by atoms with van der Waals surface area (Å²) < 4.78 is 26.7. The zero-order valence-corrected chi connectivity index (χ0v) is 22.7. The number of hydrogen-bond donors (Lipinski definition) is 0. The minimum atomic E-state index is -3.87. The monoisotopic (exact) mass is 540 g/mol. The van der Waals surface area contributed by atoms with Crippen LogP contribution in [0.2, 0.25) is 0 Å². The van der Waals surface area contributed by atoms with Gasteiger partial charge in [-0.3, -0.25) is 4.79 Å². The van der Waals surface area contributed by atoms with E-state index in [2.05, 4.69) is 9.80 Å². The number of ketones is 1. The number of fused-ring (bicyclic) bond motifs is 3. The molecule has 2 aliphatic heterocycles. The first-order valence-electron chi connectivity index (χ1n) is 14.2. The number of rotatable bonds is 3. The topological polar surface area (TPSA) is 83.5 Å². The third-order valence-corrected chi connectivity index (χ3v) is 10.5. The molecule has 39 heavy (non-hydrogen) atoms. The summed E-state index contributed by atoms with van der Waals surface area (Å²) in [7, 11) is -3.87. The van der Waals surface area contributed by atoms with Crippen LogP contribution in [-0.2, 0) is 9.84 Å². The summed E-state index contributed by atoms with van der Waals surface area (Å²) in [5.41, 5.74) is 1.95. The quantitative estimate of drug-likeness (QED) is 0.360. The van der Waals surface area contributed by atoms with Crippen molar-refractivity contribution in [3.05, 3.63) is 77.0 Å². The second-order valence-corrected chi connectivity index (χ2v) is 13.0. The molecule has 0 amide bonds. The third kappa shape index (κ3) is 3.99. The van der Waals surface area contributed by atoms with Gasteiger partial charge in [-0.25, -0.2) is 18.4 Å². The van der Waals surface area contributed by atoms with Gasteiger partial charge in [0.05, 0.1) is 15.9 Å². The summed E-state index contributed by atoms with van der Waals surface area (Å²) in [5, 5.41) is 0. The number of nitrogens with zero attached hydrogens (tertiary/aromatic N) is 4. The average Bonchev–Trinajstić information content (AvgIpc) is 3.39. The maximum atomic E-state index is 13.4. The predicted molar refractivity (Wildman–Crippen MR) is 152 cm³/mol. The van der Waals surface area contributed by atoms with Crippen molar-refractivity contribution < 1.29 is 13.2 Å². The molecule has 7 rings (SSSR count). The predicted octanol–water partition coefficient (Wildman–Crippen LogP) is 6.32. The highest BCUT2D eigenvalue weighted by atomic mass is 32.2. The number of para-hydroxylation sites is 2. The van der Waals surface area contributed by atoms with E-state index in [1.807, 2.05) is 30.3 Å². The molecule has 3 aromatic rings. The Hall–Kier alpha value is -3.52. The molecule has 0 unspecified atom stereocenters. The second-order valence-electron chi connectivity index (χ2n) is 11.1. The maximum absolute atomic E-state index is 13.4. The summed E-state index contributed by atoms with van der Waals surface area (Å²) in [4.78, 5) is 28.1. The maximum Gasteiger partial charge on any atom is 0.211 e. The van der Waals surface area contributed by atoms with Crippen molar-refractivity contribution in [2.24, 2.45) is 0 Å². The van der Waals surface area contributed by atoms with Crippen molar-refractivity contribution in [2.75, 3.05) is 9.80 Å². The van der Waals surface area contributed by atoms with Crippen LogP contribution in [0.25, 0.3) is 11.0 Å². The third-order valence-electron chi connectivity index (χ3n) is 8.68. The van der Waals surface area contributed by atoms with Crippen LogP contribution >= 0.6 is 0 Å². The Bertz CT molecular complexity index is 1570. The van der Waals surface area contributed by atoms with E-state index in [9.17, 15) is 13.2 Å². The first-order valence-corrected chi connectivity index (χ1v) is 15.7. The normalized spacial score (nSPS) is 22.5. The highest BCUT2D eigenvalue weighted by Gasteiger charge is 2.43. The van der Waals surface area contributed by atoms with Crippen LogP contribution < -0.4 is 9.80 Å². The lowest BCUT2D eigenvalue weighted by Gasteiger charge is -2.37. The number of hydrogen-bond acceptors (Lipinski definition) is 7. The number of sulfone groups is 1. The van der Waals surface area contributed by atoms with Gasteiger partial charge in [0.15, 0.2) is 11.6 Å². The molecule has 3 heterocycles. The smallest absolute Gasteiger partial charge is 0.211 e. The first-order chi connectivity index (χ1) is 19.0. The molecule has 1 aromatic heterocycles. The van der Waals surface area contributed by atoms with Crippen LogP contribution in [-0.4, -0.2) is 36.3 Å². The van der Waals surface area contributed by atoms with E-state index in [1.165, 1.54) is 25.0 Å². The van der Waals surface area contributed by atoms with E-state index < -0.39 is 15.6 Å². The van der Waals surface area contributed by atoms with Gasteiger partial charge >= 0.3 is 0 Å². The van der Waals surface area contributed by atoms with Crippen LogP contribution in [0.5, 0.6) is 0 Å². The molecule has 2 aliphatic carbocycles. The van der Waals surface area contributed by atoms with Gasteiger partial charge in [0.2, 0.25) is 15.6 Å². The van der Waals surface area contributed by atoms with Gasteiger partial charge in [0.1, 0.15) is 10.7 Å². The molecule has 0 bridgehead atoms. The number of allylic oxidation sites excluding steroid dienone is 3. The van der Waals surface area contributed by atoms with Crippen LogP contribution in [0, 0.1) is 0 Å². The van der Waals surface area contributed by atoms with E-state index in [0.29, 0.717) is 0 Å². The summed E-state index contributed by atoms with van der Waals surface area (Å²) >= 11 is 0. The highest BCUT2D eigenvalue weighted by Crippen LogP contribution is 2.47. The fourth-order valence-electron chi connectivity index (χ4n) is 6.77. The van der Waals surface area contributed by atoms with E-state index in [1.54, 1.807) is 18.2 Å². The Morgan fingerprint density at radius 3 is 1.74 bits per heavy atom. The van der Waals surface area contributed by atoms with Gasteiger partial charge < -0.3 is 9.80 Å². The fourth-order valence-corrected chi connectivity index (χ4v) is 8.32. The van der Waals surface area contributed by atoms with Crippen molar-refractivity contribution in [3.63, 3.8) is 0 Å². The lowest BCUT2D eigenvalue weighted by Crippen LogP contribution is -2.42. The van der Waals surface area contributed by atoms with Gasteiger partial charge in [-0.1, -0.05) is 62.8 Å². The van der Waals surface area contributed by atoms with Crippen molar-refractivity contribution in [3.8, 4) is 0 Å². The van der Waals surface area contributed by atoms with Crippen molar-refractivity contribution in [1.29, 1.82) is 0 Å². The number of Topliss-reactive ketones (excluding diaryl/α,β-unsaturated/α-hetero) is 1. The van der Waals surface area contributed by atoms with E-state index in [4.69, 9.17) is 9.97 Å². The van der Waals surface area contributed by atoms with Crippen LogP contribution in [0.15, 0.2) is 76.3 Å². The molecule has 2 saturated carbocycles. The number of benzene rings is 2. The molecule has 0 radical (unpaired) electrons. The minimum absolute atomic E-state index is 0.0946. The molecule has 200 valence electrons. The number of anilines is 2. The molecular formula is C31H32N4O3S. The van der Waals surface area contributed by atoms with Gasteiger partial charge in [-0.15, -0.1) is 0 Å². The zero-order chi connectivity index (χ0) is 26.6. The Morgan fingerprint density at radius 1 is 0.692 bits per heavy atom. The van der Waals surface area contributed by atoms with E-state index in [0.717, 1.165) is 79.9 Å². The fraction of sp³-hybridized carbons (Fsp3) is 0.387. The lowest BCUT2D eigenvalue weighted by atomic mass is 9.93. The standard InChI is InChI=1S/C31H32N4O3S/c36-29-23-15-7-10-18-26(23)39(37,38)27(29)19-20-28-34(21-11-3-1-4-12-21)30-31(35(28)22-13-5-2-6-14-22)33-25-17-9-8-16-24(25)32-30/h7-10,15-22H,1-6,11-14H2/b27-19+. The first kappa shape index (κ1) is 24.5. The molecule has 7 nitrogen and oxygen atoms in total. The molecule has 2 aromatic carbocycles. The lowest BCUT2D eigenvalue weighted by molar-refractivity contribution is 0.104. The van der Waals surface area contributed by atoms with Crippen LogP contribution in [0.1, 0.15) is 74.6 Å². The van der Waals surface area contributed by atoms with Crippen LogP contribution in [0.3, 0.4) is 0 Å². The molecule has 0 spiro atoms. The molecule has 0 N–H and O–H groups in total.